The molecular weight excluding hydrogens is 328 g/mol. The van der Waals surface area contributed by atoms with E-state index in [9.17, 15) is 14.7 Å². The molecule has 4 aliphatic carbocycles. The molecule has 6 atom stereocenters. The van der Waals surface area contributed by atoms with Crippen LogP contribution in [0.4, 0.5) is 0 Å². The van der Waals surface area contributed by atoms with Crippen LogP contribution in [0.25, 0.3) is 0 Å². The van der Waals surface area contributed by atoms with Crippen LogP contribution in [0, 0.1) is 28.6 Å². The second-order valence-electron chi connectivity index (χ2n) is 9.58. The van der Waals surface area contributed by atoms with Crippen molar-refractivity contribution in [3.8, 4) is 0 Å². The fraction of sp³-hybridized carbons (Fsp3) is 0.818. The lowest BCUT2D eigenvalue weighted by molar-refractivity contribution is -0.172. The molecule has 4 heteroatoms. The summed E-state index contributed by atoms with van der Waals surface area (Å²) in [6.07, 6.45) is 9.52. The lowest BCUT2D eigenvalue weighted by Crippen LogP contribution is -2.58. The van der Waals surface area contributed by atoms with Crippen molar-refractivity contribution in [2.24, 2.45) is 28.6 Å². The summed E-state index contributed by atoms with van der Waals surface area (Å²) in [4.78, 5) is 24.6. The van der Waals surface area contributed by atoms with Crippen LogP contribution in [0.1, 0.15) is 65.2 Å². The lowest BCUT2D eigenvalue weighted by Gasteiger charge is -2.59. The molecule has 1 N–H and O–H groups in total. The fourth-order valence-corrected chi connectivity index (χ4v) is 7.59. The van der Waals surface area contributed by atoms with Gasteiger partial charge >= 0.3 is 0 Å². The largest absolute Gasteiger partial charge is 0.388 e. The third-order valence-electron chi connectivity index (χ3n) is 9.02. The second kappa shape index (κ2) is 6.00. The van der Waals surface area contributed by atoms with Crippen molar-refractivity contribution in [3.05, 3.63) is 11.6 Å². The van der Waals surface area contributed by atoms with E-state index in [1.165, 1.54) is 5.57 Å². The van der Waals surface area contributed by atoms with E-state index in [-0.39, 0.29) is 16.6 Å². The number of aliphatic hydroxyl groups is 1. The molecule has 3 saturated carbocycles. The SMILES string of the molecule is CO[C@]1(C(=O)CO)CC[C@H]2[C@@H]3CCC4=CC(=O)CC[C@]4(C)[C@H]3CC[C@@]21C. The normalized spacial score (nSPS) is 47.6. The van der Waals surface area contributed by atoms with Gasteiger partial charge in [-0.3, -0.25) is 9.59 Å². The molecule has 0 bridgehead atoms. The lowest BCUT2D eigenvalue weighted by atomic mass is 9.46. The molecule has 0 saturated heterocycles. The quantitative estimate of drug-likeness (QED) is 0.837. The van der Waals surface area contributed by atoms with Gasteiger partial charge in [0.25, 0.3) is 0 Å². The first-order valence-electron chi connectivity index (χ1n) is 10.3. The zero-order valence-electron chi connectivity index (χ0n) is 16.3. The van der Waals surface area contributed by atoms with Gasteiger partial charge in [-0.25, -0.2) is 0 Å². The number of carbonyl (C=O) groups excluding carboxylic acids is 2. The maximum absolute atomic E-state index is 12.7. The Hall–Kier alpha value is -1.00. The molecule has 0 aromatic rings. The van der Waals surface area contributed by atoms with Gasteiger partial charge in [0.05, 0.1) is 0 Å². The van der Waals surface area contributed by atoms with Crippen molar-refractivity contribution >= 4 is 11.6 Å². The maximum Gasteiger partial charge on any atom is 0.190 e. The monoisotopic (exact) mass is 360 g/mol. The summed E-state index contributed by atoms with van der Waals surface area (Å²) in [5.74, 6) is 1.81. The summed E-state index contributed by atoms with van der Waals surface area (Å²) in [6.45, 7) is 4.18. The third-order valence-corrected chi connectivity index (χ3v) is 9.02. The van der Waals surface area contributed by atoms with Crippen LogP contribution >= 0.6 is 0 Å². The molecule has 4 nitrogen and oxygen atoms in total. The van der Waals surface area contributed by atoms with Crippen LogP contribution < -0.4 is 0 Å². The highest BCUT2D eigenvalue weighted by Crippen LogP contribution is 2.68. The summed E-state index contributed by atoms with van der Waals surface area (Å²) in [5, 5.41) is 9.58. The maximum atomic E-state index is 12.7. The standard InChI is InChI=1S/C22H32O4/c1-20-9-6-15(24)12-14(20)4-5-16-17(20)7-10-21(2)18(16)8-11-22(21,26-3)19(25)13-23/h12,16-18,23H,4-11,13H2,1-3H3/t16-,17+,18+,20+,21+,22+/m1/s1. The molecule has 0 aliphatic heterocycles. The Morgan fingerprint density at radius 3 is 2.58 bits per heavy atom. The number of Topliss-reactive ketones (excluding diaryl/α,β-unsaturated/α-hetero) is 1. The van der Waals surface area contributed by atoms with Crippen LogP contribution in [0.2, 0.25) is 0 Å². The molecule has 0 radical (unpaired) electrons. The van der Waals surface area contributed by atoms with E-state index in [1.807, 2.05) is 6.08 Å². The van der Waals surface area contributed by atoms with Crippen molar-refractivity contribution in [2.75, 3.05) is 13.7 Å². The highest BCUT2D eigenvalue weighted by molar-refractivity contribution is 5.91. The highest BCUT2D eigenvalue weighted by atomic mass is 16.5. The zero-order chi connectivity index (χ0) is 18.7. The Labute approximate surface area is 156 Å². The minimum atomic E-state index is -0.822. The number of aliphatic hydroxyl groups excluding tert-OH is 1. The topological polar surface area (TPSA) is 63.6 Å². The molecule has 0 aromatic heterocycles. The predicted molar refractivity (Wildman–Crippen MR) is 98.5 cm³/mol. The van der Waals surface area contributed by atoms with E-state index >= 15 is 0 Å². The van der Waals surface area contributed by atoms with E-state index in [2.05, 4.69) is 13.8 Å². The Bertz CT molecular complexity index is 667. The molecule has 0 heterocycles. The first kappa shape index (κ1) is 18.4. The average Bonchev–Trinajstić information content (AvgIpc) is 2.95. The number of allylic oxidation sites excluding steroid dienone is 1. The molecule has 0 unspecified atom stereocenters. The van der Waals surface area contributed by atoms with Crippen LogP contribution in [-0.4, -0.2) is 36.0 Å². The molecule has 144 valence electrons. The van der Waals surface area contributed by atoms with Gasteiger partial charge in [0, 0.05) is 18.9 Å². The number of methoxy groups -OCH3 is 1. The van der Waals surface area contributed by atoms with E-state index in [0.717, 1.165) is 44.9 Å². The van der Waals surface area contributed by atoms with Gasteiger partial charge in [-0.05, 0) is 74.2 Å². The second-order valence-corrected chi connectivity index (χ2v) is 9.58. The minimum Gasteiger partial charge on any atom is -0.388 e. The first-order chi connectivity index (χ1) is 12.3. The molecule has 4 rings (SSSR count). The highest BCUT2D eigenvalue weighted by Gasteiger charge is 2.66. The van der Waals surface area contributed by atoms with E-state index in [1.54, 1.807) is 7.11 Å². The number of hydrogen-bond donors (Lipinski definition) is 1. The van der Waals surface area contributed by atoms with Gasteiger partial charge in [0.2, 0.25) is 0 Å². The Morgan fingerprint density at radius 1 is 1.15 bits per heavy atom. The molecule has 4 aliphatic rings. The Morgan fingerprint density at radius 2 is 1.88 bits per heavy atom. The number of fused-ring (bicyclic) bond motifs is 5. The van der Waals surface area contributed by atoms with Crippen molar-refractivity contribution in [2.45, 2.75) is 70.8 Å². The van der Waals surface area contributed by atoms with Gasteiger partial charge < -0.3 is 9.84 Å². The fourth-order valence-electron chi connectivity index (χ4n) is 7.59. The molecule has 26 heavy (non-hydrogen) atoms. The average molecular weight is 360 g/mol. The summed E-state index contributed by atoms with van der Waals surface area (Å²) in [6, 6.07) is 0. The molecule has 0 amide bonds. The van der Waals surface area contributed by atoms with E-state index in [0.29, 0.717) is 30.0 Å². The van der Waals surface area contributed by atoms with Gasteiger partial charge in [0.1, 0.15) is 12.2 Å². The zero-order valence-corrected chi connectivity index (χ0v) is 16.3. The Balaban J connectivity index is 1.69. The molecule has 0 aromatic carbocycles. The first-order valence-corrected chi connectivity index (χ1v) is 10.3. The number of ketones is 2. The molecule has 0 spiro atoms. The molecule has 3 fully saturated rings. The number of rotatable bonds is 3. The van der Waals surface area contributed by atoms with Crippen molar-refractivity contribution < 1.29 is 19.4 Å². The van der Waals surface area contributed by atoms with Gasteiger partial charge in [-0.1, -0.05) is 19.4 Å². The summed E-state index contributed by atoms with van der Waals surface area (Å²) in [7, 11) is 1.64. The van der Waals surface area contributed by atoms with Gasteiger partial charge in [0.15, 0.2) is 11.6 Å². The van der Waals surface area contributed by atoms with Crippen LogP contribution in [0.15, 0.2) is 11.6 Å². The van der Waals surface area contributed by atoms with Crippen molar-refractivity contribution in [3.63, 3.8) is 0 Å². The van der Waals surface area contributed by atoms with E-state index in [4.69, 9.17) is 4.74 Å². The number of carbonyl (C=O) groups is 2. The summed E-state index contributed by atoms with van der Waals surface area (Å²) < 4.78 is 5.88. The van der Waals surface area contributed by atoms with Crippen molar-refractivity contribution in [1.82, 2.24) is 0 Å². The van der Waals surface area contributed by atoms with E-state index < -0.39 is 12.2 Å². The third kappa shape index (κ3) is 2.15. The molecular formula is C22H32O4. The van der Waals surface area contributed by atoms with Crippen LogP contribution in [0.5, 0.6) is 0 Å². The van der Waals surface area contributed by atoms with Crippen molar-refractivity contribution in [1.29, 1.82) is 0 Å². The number of hydrogen-bond acceptors (Lipinski definition) is 4. The smallest absolute Gasteiger partial charge is 0.190 e. The minimum absolute atomic E-state index is 0.144. The predicted octanol–water partition coefficient (Wildman–Crippen LogP) is 3.46. The van der Waals surface area contributed by atoms with Gasteiger partial charge in [-0.15, -0.1) is 0 Å². The van der Waals surface area contributed by atoms with Gasteiger partial charge in [-0.2, -0.15) is 0 Å². The summed E-state index contributed by atoms with van der Waals surface area (Å²) in [5.41, 5.74) is 0.514. The number of ether oxygens (including phenoxy) is 1. The summed E-state index contributed by atoms with van der Waals surface area (Å²) >= 11 is 0. The Kier molecular flexibility index (Phi) is 4.24. The van der Waals surface area contributed by atoms with Crippen LogP contribution in [0.3, 0.4) is 0 Å². The van der Waals surface area contributed by atoms with Crippen LogP contribution in [-0.2, 0) is 14.3 Å².